The third-order valence-electron chi connectivity index (χ3n) is 4.34. The van der Waals surface area contributed by atoms with Gasteiger partial charge in [0, 0.05) is 12.3 Å². The zero-order valence-corrected chi connectivity index (χ0v) is 13.6. The van der Waals surface area contributed by atoms with Crippen molar-refractivity contribution in [2.75, 3.05) is 0 Å². The molecule has 1 heteroatoms. The van der Waals surface area contributed by atoms with Crippen LogP contribution in [0.25, 0.3) is 5.57 Å². The van der Waals surface area contributed by atoms with Crippen LogP contribution in [0.1, 0.15) is 62.6 Å². The molecule has 0 N–H and O–H groups in total. The van der Waals surface area contributed by atoms with E-state index in [-0.39, 0.29) is 0 Å². The van der Waals surface area contributed by atoms with E-state index in [4.69, 9.17) is 4.99 Å². The number of rotatable bonds is 4. The molecular weight excluding hydrogens is 254 g/mol. The molecule has 0 atom stereocenters. The normalized spacial score (nSPS) is 18.0. The van der Waals surface area contributed by atoms with Crippen LogP contribution in [0, 0.1) is 6.92 Å². The third kappa shape index (κ3) is 4.17. The Labute approximate surface area is 129 Å². The van der Waals surface area contributed by atoms with E-state index in [1.165, 1.54) is 54.4 Å². The van der Waals surface area contributed by atoms with Gasteiger partial charge in [0.2, 0.25) is 0 Å². The average Bonchev–Trinajstić information content (AvgIpc) is 2.53. The molecule has 0 radical (unpaired) electrons. The van der Waals surface area contributed by atoms with Crippen molar-refractivity contribution in [1.82, 2.24) is 0 Å². The summed E-state index contributed by atoms with van der Waals surface area (Å²) in [6, 6.07) is 7.05. The van der Waals surface area contributed by atoms with Crippen molar-refractivity contribution < 1.29 is 0 Å². The minimum atomic E-state index is 0.540. The van der Waals surface area contributed by atoms with Gasteiger partial charge in [0.1, 0.15) is 0 Å². The van der Waals surface area contributed by atoms with Crippen molar-refractivity contribution in [3.8, 4) is 0 Å². The SMILES string of the molecule is C/C=C\C(=C/C)c1cccc(C=NC2CCCCC2)c1C. The highest BCUT2D eigenvalue weighted by Crippen LogP contribution is 2.23. The van der Waals surface area contributed by atoms with Gasteiger partial charge in [-0.15, -0.1) is 0 Å². The fraction of sp³-hybridized carbons (Fsp3) is 0.450. The predicted molar refractivity (Wildman–Crippen MR) is 94.1 cm³/mol. The zero-order valence-electron chi connectivity index (χ0n) is 13.6. The van der Waals surface area contributed by atoms with Crippen molar-refractivity contribution in [2.45, 2.75) is 58.9 Å². The molecule has 112 valence electrons. The summed E-state index contributed by atoms with van der Waals surface area (Å²) in [5.74, 6) is 0. The lowest BCUT2D eigenvalue weighted by Crippen LogP contribution is -2.09. The molecular formula is C20H27N. The van der Waals surface area contributed by atoms with Crippen molar-refractivity contribution in [2.24, 2.45) is 4.99 Å². The van der Waals surface area contributed by atoms with Crippen molar-refractivity contribution in [1.29, 1.82) is 0 Å². The van der Waals surface area contributed by atoms with Crippen LogP contribution in [-0.4, -0.2) is 12.3 Å². The molecule has 2 rings (SSSR count). The molecule has 1 aromatic rings. The number of hydrogen-bond donors (Lipinski definition) is 0. The molecule has 0 aliphatic heterocycles. The highest BCUT2D eigenvalue weighted by atomic mass is 14.8. The number of hydrogen-bond acceptors (Lipinski definition) is 1. The first kappa shape index (κ1) is 15.8. The molecule has 1 saturated carbocycles. The molecule has 1 nitrogen and oxygen atoms in total. The van der Waals surface area contributed by atoms with Gasteiger partial charge < -0.3 is 0 Å². The Morgan fingerprint density at radius 2 is 1.90 bits per heavy atom. The van der Waals surface area contributed by atoms with E-state index in [0.717, 1.165) is 0 Å². The number of aliphatic imine (C=N–C) groups is 1. The van der Waals surface area contributed by atoms with E-state index in [1.54, 1.807) is 0 Å². The van der Waals surface area contributed by atoms with Crippen LogP contribution in [0.5, 0.6) is 0 Å². The first-order chi connectivity index (χ1) is 10.3. The minimum Gasteiger partial charge on any atom is -0.289 e. The van der Waals surface area contributed by atoms with Gasteiger partial charge in [-0.25, -0.2) is 0 Å². The first-order valence-corrected chi connectivity index (χ1v) is 8.18. The molecule has 0 unspecified atom stereocenters. The van der Waals surface area contributed by atoms with E-state index >= 15 is 0 Å². The molecule has 1 aliphatic carbocycles. The topological polar surface area (TPSA) is 12.4 Å². The second-order valence-electron chi connectivity index (χ2n) is 5.83. The van der Waals surface area contributed by atoms with Crippen LogP contribution < -0.4 is 0 Å². The van der Waals surface area contributed by atoms with Crippen LogP contribution in [0.2, 0.25) is 0 Å². The summed E-state index contributed by atoms with van der Waals surface area (Å²) < 4.78 is 0. The van der Waals surface area contributed by atoms with Crippen molar-refractivity contribution in [3.63, 3.8) is 0 Å². The highest BCUT2D eigenvalue weighted by molar-refractivity contribution is 5.86. The standard InChI is InChI=1S/C20H27N/c1-4-10-17(5-2)20-14-9-11-18(16(20)3)15-21-19-12-7-6-8-13-19/h4-5,9-11,14-15,19H,6-8,12-13H2,1-3H3/b10-4-,17-5+,21-15?. The first-order valence-electron chi connectivity index (χ1n) is 8.18. The van der Waals surface area contributed by atoms with Crippen LogP contribution >= 0.6 is 0 Å². The second-order valence-corrected chi connectivity index (χ2v) is 5.83. The van der Waals surface area contributed by atoms with Gasteiger partial charge in [-0.05, 0) is 55.9 Å². The molecule has 0 aromatic heterocycles. The van der Waals surface area contributed by atoms with E-state index in [9.17, 15) is 0 Å². The molecule has 1 aliphatic rings. The Balaban J connectivity index is 2.23. The molecule has 21 heavy (non-hydrogen) atoms. The number of allylic oxidation sites excluding steroid dienone is 4. The summed E-state index contributed by atoms with van der Waals surface area (Å²) in [5, 5.41) is 0. The molecule has 0 heterocycles. The summed E-state index contributed by atoms with van der Waals surface area (Å²) in [7, 11) is 0. The minimum absolute atomic E-state index is 0.540. The van der Waals surface area contributed by atoms with Gasteiger partial charge in [0.25, 0.3) is 0 Å². The van der Waals surface area contributed by atoms with Gasteiger partial charge in [0.15, 0.2) is 0 Å². The van der Waals surface area contributed by atoms with Gasteiger partial charge >= 0.3 is 0 Å². The van der Waals surface area contributed by atoms with E-state index in [0.29, 0.717) is 6.04 Å². The maximum atomic E-state index is 4.82. The smallest absolute Gasteiger partial charge is 0.0499 e. The molecule has 0 bridgehead atoms. The fourth-order valence-electron chi connectivity index (χ4n) is 3.04. The highest BCUT2D eigenvalue weighted by Gasteiger charge is 2.11. The largest absolute Gasteiger partial charge is 0.289 e. The van der Waals surface area contributed by atoms with Crippen LogP contribution in [0.3, 0.4) is 0 Å². The molecule has 1 fully saturated rings. The van der Waals surface area contributed by atoms with Gasteiger partial charge in [0.05, 0.1) is 0 Å². The Bertz CT molecular complexity index is 543. The zero-order chi connectivity index (χ0) is 15.1. The van der Waals surface area contributed by atoms with E-state index in [2.05, 4.69) is 63.4 Å². The summed E-state index contributed by atoms with van der Waals surface area (Å²) in [4.78, 5) is 4.82. The monoisotopic (exact) mass is 281 g/mol. The summed E-state index contributed by atoms with van der Waals surface area (Å²) in [6.45, 7) is 6.36. The maximum absolute atomic E-state index is 4.82. The molecule has 1 aromatic carbocycles. The number of nitrogens with zero attached hydrogens (tertiary/aromatic N) is 1. The Hall–Kier alpha value is -1.63. The third-order valence-corrected chi connectivity index (χ3v) is 4.34. The summed E-state index contributed by atoms with van der Waals surface area (Å²) in [6.07, 6.45) is 15.1. The average molecular weight is 281 g/mol. The Morgan fingerprint density at radius 3 is 2.57 bits per heavy atom. The summed E-state index contributed by atoms with van der Waals surface area (Å²) in [5.41, 5.74) is 5.16. The summed E-state index contributed by atoms with van der Waals surface area (Å²) >= 11 is 0. The maximum Gasteiger partial charge on any atom is 0.0499 e. The Kier molecular flexibility index (Phi) is 5.98. The predicted octanol–water partition coefficient (Wildman–Crippen LogP) is 5.73. The quantitative estimate of drug-likeness (QED) is 0.494. The number of benzene rings is 1. The lowest BCUT2D eigenvalue weighted by molar-refractivity contribution is 0.444. The van der Waals surface area contributed by atoms with Crippen LogP contribution in [0.4, 0.5) is 0 Å². The van der Waals surface area contributed by atoms with Crippen LogP contribution in [-0.2, 0) is 0 Å². The molecule has 0 saturated heterocycles. The van der Waals surface area contributed by atoms with Gasteiger partial charge in [-0.3, -0.25) is 4.99 Å². The van der Waals surface area contributed by atoms with E-state index < -0.39 is 0 Å². The van der Waals surface area contributed by atoms with E-state index in [1.807, 2.05) is 0 Å². The molecule has 0 spiro atoms. The fourth-order valence-corrected chi connectivity index (χ4v) is 3.04. The lowest BCUT2D eigenvalue weighted by atomic mass is 9.95. The second kappa shape index (κ2) is 7.97. The van der Waals surface area contributed by atoms with Crippen molar-refractivity contribution >= 4 is 11.8 Å². The lowest BCUT2D eigenvalue weighted by Gasteiger charge is -2.17. The molecule has 0 amide bonds. The Morgan fingerprint density at radius 1 is 1.14 bits per heavy atom. The van der Waals surface area contributed by atoms with Crippen LogP contribution in [0.15, 0.2) is 41.4 Å². The van der Waals surface area contributed by atoms with Crippen molar-refractivity contribution in [3.05, 3.63) is 53.1 Å². The van der Waals surface area contributed by atoms with Gasteiger partial charge in [-0.2, -0.15) is 0 Å². The van der Waals surface area contributed by atoms with Gasteiger partial charge in [-0.1, -0.05) is 55.7 Å².